The van der Waals surface area contributed by atoms with Gasteiger partial charge < -0.3 is 0 Å². The van der Waals surface area contributed by atoms with Crippen molar-refractivity contribution < 1.29 is 8.42 Å². The molecule has 2 rings (SSSR count). The number of benzene rings is 1. The summed E-state index contributed by atoms with van der Waals surface area (Å²) in [6, 6.07) is 9.42. The van der Waals surface area contributed by atoms with E-state index < -0.39 is 10.0 Å². The van der Waals surface area contributed by atoms with Crippen molar-refractivity contribution in [1.82, 2.24) is 4.31 Å². The summed E-state index contributed by atoms with van der Waals surface area (Å²) in [4.78, 5) is 0. The zero-order chi connectivity index (χ0) is 13.9. The van der Waals surface area contributed by atoms with E-state index in [9.17, 15) is 8.42 Å². The highest BCUT2D eigenvalue weighted by Crippen LogP contribution is 2.26. The zero-order valence-electron chi connectivity index (χ0n) is 11.7. The number of hydrogen-bond donors (Lipinski definition) is 0. The van der Waals surface area contributed by atoms with Crippen molar-refractivity contribution in [3.8, 4) is 0 Å². The van der Waals surface area contributed by atoms with Crippen LogP contribution in [0.25, 0.3) is 0 Å². The molecule has 106 valence electrons. The van der Waals surface area contributed by atoms with Gasteiger partial charge in [-0.1, -0.05) is 44.2 Å². The lowest BCUT2D eigenvalue weighted by Crippen LogP contribution is -2.40. The minimum atomic E-state index is -3.15. The van der Waals surface area contributed by atoms with Crippen LogP contribution in [0.5, 0.6) is 0 Å². The number of piperidine rings is 1. The van der Waals surface area contributed by atoms with Crippen LogP contribution in [0.3, 0.4) is 0 Å². The number of sulfonamides is 1. The molecule has 0 radical (unpaired) electrons. The SMILES string of the molecule is CC(C)C1CCN(S(=O)(=O)Cc2ccccc2)CC1. The van der Waals surface area contributed by atoms with Gasteiger partial charge in [-0.15, -0.1) is 0 Å². The fourth-order valence-corrected chi connectivity index (χ4v) is 4.26. The smallest absolute Gasteiger partial charge is 0.212 e. The summed E-state index contributed by atoms with van der Waals surface area (Å²) in [6.07, 6.45) is 1.98. The molecule has 3 nitrogen and oxygen atoms in total. The maximum Gasteiger partial charge on any atom is 0.218 e. The van der Waals surface area contributed by atoms with Crippen molar-refractivity contribution in [3.05, 3.63) is 35.9 Å². The quantitative estimate of drug-likeness (QED) is 0.851. The fraction of sp³-hybridized carbons (Fsp3) is 0.600. The van der Waals surface area contributed by atoms with E-state index in [1.54, 1.807) is 4.31 Å². The summed E-state index contributed by atoms with van der Waals surface area (Å²) in [5.41, 5.74) is 0.869. The summed E-state index contributed by atoms with van der Waals surface area (Å²) in [7, 11) is -3.15. The molecule has 0 amide bonds. The maximum atomic E-state index is 12.4. The molecule has 0 aliphatic carbocycles. The Balaban J connectivity index is 1.98. The third-order valence-corrected chi connectivity index (χ3v) is 5.88. The molecular formula is C15H23NO2S. The third kappa shape index (κ3) is 3.80. The Bertz CT molecular complexity index is 488. The molecule has 0 unspecified atom stereocenters. The monoisotopic (exact) mass is 281 g/mol. The minimum absolute atomic E-state index is 0.125. The van der Waals surface area contributed by atoms with Gasteiger partial charge in [0.15, 0.2) is 0 Å². The van der Waals surface area contributed by atoms with Gasteiger partial charge in [0.25, 0.3) is 0 Å². The van der Waals surface area contributed by atoms with Crippen LogP contribution in [-0.4, -0.2) is 25.8 Å². The van der Waals surface area contributed by atoms with Gasteiger partial charge in [0, 0.05) is 13.1 Å². The summed E-state index contributed by atoms with van der Waals surface area (Å²) >= 11 is 0. The predicted octanol–water partition coefficient (Wildman–Crippen LogP) is 2.88. The lowest BCUT2D eigenvalue weighted by atomic mass is 9.87. The lowest BCUT2D eigenvalue weighted by Gasteiger charge is -2.33. The van der Waals surface area contributed by atoms with Crippen molar-refractivity contribution >= 4 is 10.0 Å². The van der Waals surface area contributed by atoms with Crippen molar-refractivity contribution in [2.45, 2.75) is 32.4 Å². The van der Waals surface area contributed by atoms with Crippen LogP contribution >= 0.6 is 0 Å². The Morgan fingerprint density at radius 1 is 1.16 bits per heavy atom. The number of rotatable bonds is 4. The molecule has 19 heavy (non-hydrogen) atoms. The maximum absolute atomic E-state index is 12.4. The molecule has 0 N–H and O–H groups in total. The van der Waals surface area contributed by atoms with Crippen LogP contribution in [0.1, 0.15) is 32.3 Å². The molecule has 0 bridgehead atoms. The summed E-state index contributed by atoms with van der Waals surface area (Å²) in [6.45, 7) is 5.80. The Hall–Kier alpha value is -0.870. The highest BCUT2D eigenvalue weighted by atomic mass is 32.2. The number of nitrogens with zero attached hydrogens (tertiary/aromatic N) is 1. The Morgan fingerprint density at radius 3 is 2.26 bits per heavy atom. The van der Waals surface area contributed by atoms with Gasteiger partial charge in [-0.3, -0.25) is 0 Å². The molecule has 0 saturated carbocycles. The largest absolute Gasteiger partial charge is 0.218 e. The van der Waals surface area contributed by atoms with Crippen LogP contribution in [0, 0.1) is 11.8 Å². The van der Waals surface area contributed by atoms with Crippen molar-refractivity contribution in [3.63, 3.8) is 0 Å². The van der Waals surface area contributed by atoms with Gasteiger partial charge >= 0.3 is 0 Å². The van der Waals surface area contributed by atoms with Gasteiger partial charge in [-0.2, -0.15) is 0 Å². The van der Waals surface area contributed by atoms with Gasteiger partial charge in [-0.05, 0) is 30.2 Å². The molecule has 4 heteroatoms. The van der Waals surface area contributed by atoms with Gasteiger partial charge in [0.1, 0.15) is 0 Å². The molecule has 1 saturated heterocycles. The Kier molecular flexibility index (Phi) is 4.63. The highest BCUT2D eigenvalue weighted by molar-refractivity contribution is 7.88. The van der Waals surface area contributed by atoms with Crippen molar-refractivity contribution in [2.75, 3.05) is 13.1 Å². The van der Waals surface area contributed by atoms with E-state index in [2.05, 4.69) is 13.8 Å². The van der Waals surface area contributed by atoms with Crippen LogP contribution in [-0.2, 0) is 15.8 Å². The average Bonchev–Trinajstić information content (AvgIpc) is 2.39. The number of hydrogen-bond acceptors (Lipinski definition) is 2. The van der Waals surface area contributed by atoms with Crippen LogP contribution < -0.4 is 0 Å². The molecule has 1 heterocycles. The standard InChI is InChI=1S/C15H23NO2S/c1-13(2)15-8-10-16(11-9-15)19(17,18)12-14-6-4-3-5-7-14/h3-7,13,15H,8-12H2,1-2H3. The van der Waals surface area contributed by atoms with E-state index >= 15 is 0 Å². The summed E-state index contributed by atoms with van der Waals surface area (Å²) in [5.74, 6) is 1.45. The van der Waals surface area contributed by atoms with Gasteiger partial charge in [-0.25, -0.2) is 12.7 Å². The first-order chi connectivity index (χ1) is 8.99. The van der Waals surface area contributed by atoms with Crippen molar-refractivity contribution in [2.24, 2.45) is 11.8 Å². The molecule has 0 atom stereocenters. The van der Waals surface area contributed by atoms with Crippen LogP contribution in [0.4, 0.5) is 0 Å². The Labute approximate surface area is 116 Å². The van der Waals surface area contributed by atoms with Gasteiger partial charge in [0.05, 0.1) is 5.75 Å². The van der Waals surface area contributed by atoms with Crippen molar-refractivity contribution in [1.29, 1.82) is 0 Å². The molecule has 0 aromatic heterocycles. The lowest BCUT2D eigenvalue weighted by molar-refractivity contribution is 0.226. The zero-order valence-corrected chi connectivity index (χ0v) is 12.6. The van der Waals surface area contributed by atoms with Crippen LogP contribution in [0.2, 0.25) is 0 Å². The van der Waals surface area contributed by atoms with E-state index in [1.165, 1.54) is 0 Å². The minimum Gasteiger partial charge on any atom is -0.212 e. The summed E-state index contributed by atoms with van der Waals surface area (Å²) in [5, 5.41) is 0. The normalized spacial score (nSPS) is 18.9. The first-order valence-electron chi connectivity index (χ1n) is 7.01. The molecule has 0 spiro atoms. The van der Waals surface area contributed by atoms with E-state index in [-0.39, 0.29) is 5.75 Å². The first-order valence-corrected chi connectivity index (χ1v) is 8.61. The third-order valence-electron chi connectivity index (χ3n) is 4.03. The fourth-order valence-electron chi connectivity index (χ4n) is 2.70. The first kappa shape index (κ1) is 14.5. The Morgan fingerprint density at radius 2 is 1.74 bits per heavy atom. The average molecular weight is 281 g/mol. The highest BCUT2D eigenvalue weighted by Gasteiger charge is 2.29. The molecule has 1 aromatic rings. The van der Waals surface area contributed by atoms with Gasteiger partial charge in [0.2, 0.25) is 10.0 Å². The molecule has 1 aliphatic heterocycles. The second kappa shape index (κ2) is 6.06. The second-order valence-electron chi connectivity index (χ2n) is 5.72. The second-order valence-corrected chi connectivity index (χ2v) is 7.69. The van der Waals surface area contributed by atoms with Crippen LogP contribution in [0.15, 0.2) is 30.3 Å². The van der Waals surface area contributed by atoms with E-state index in [4.69, 9.17) is 0 Å². The molecule has 1 aromatic carbocycles. The molecular weight excluding hydrogens is 258 g/mol. The molecule has 1 aliphatic rings. The van der Waals surface area contributed by atoms with E-state index in [1.807, 2.05) is 30.3 Å². The predicted molar refractivity (Wildman–Crippen MR) is 78.2 cm³/mol. The van der Waals surface area contributed by atoms with E-state index in [0.29, 0.717) is 24.9 Å². The van der Waals surface area contributed by atoms with E-state index in [0.717, 1.165) is 18.4 Å². The topological polar surface area (TPSA) is 37.4 Å². The molecule has 1 fully saturated rings. The summed E-state index contributed by atoms with van der Waals surface area (Å²) < 4.78 is 26.4.